The SMILES string of the molecule is COC(=O)C1=C(C)NC(C)=C(C(=O)NC(OCCN(C)C)C2C=CC=CC2=C=O)C1c1cccc([N+](=O)[O-])c1. The Morgan fingerprint density at radius 2 is 1.92 bits per heavy atom. The molecule has 1 aromatic carbocycles. The summed E-state index contributed by atoms with van der Waals surface area (Å²) >= 11 is 0. The van der Waals surface area contributed by atoms with Gasteiger partial charge < -0.3 is 25.0 Å². The van der Waals surface area contributed by atoms with E-state index >= 15 is 0 Å². The molecule has 3 rings (SSSR count). The van der Waals surface area contributed by atoms with Crippen molar-refractivity contribution in [1.29, 1.82) is 0 Å². The summed E-state index contributed by atoms with van der Waals surface area (Å²) in [7, 11) is 4.99. The molecule has 1 aliphatic carbocycles. The number of dihydropyridines is 1. The van der Waals surface area contributed by atoms with Crippen molar-refractivity contribution < 1.29 is 28.8 Å². The number of hydrogen-bond acceptors (Lipinski definition) is 9. The number of amides is 1. The molecule has 2 aliphatic rings. The highest BCUT2D eigenvalue weighted by Gasteiger charge is 2.39. The summed E-state index contributed by atoms with van der Waals surface area (Å²) in [5, 5.41) is 17.5. The van der Waals surface area contributed by atoms with E-state index in [1.54, 1.807) is 44.2 Å². The highest BCUT2D eigenvalue weighted by molar-refractivity contribution is 6.02. The highest BCUT2D eigenvalue weighted by Crippen LogP contribution is 2.40. The zero-order valence-corrected chi connectivity index (χ0v) is 22.5. The molecule has 3 unspecified atom stereocenters. The smallest absolute Gasteiger partial charge is 0.336 e. The number of likely N-dealkylation sites (N-methyl/N-ethyl adjacent to an activating group) is 1. The maximum absolute atomic E-state index is 14.0. The standard InChI is InChI=1S/C28H32N4O7/c1-17-23(26(34)30-27(39-14-13-31(3)4)22-12-7-6-9-20(22)16-33)25(24(18(2)29-17)28(35)38-5)19-10-8-11-21(15-19)32(36)37/h6-12,15,22,25,27,29H,13-14H2,1-5H3,(H,30,34). The van der Waals surface area contributed by atoms with Crippen molar-refractivity contribution in [2.75, 3.05) is 34.4 Å². The lowest BCUT2D eigenvalue weighted by atomic mass is 9.79. The van der Waals surface area contributed by atoms with Crippen LogP contribution in [-0.4, -0.2) is 68.2 Å². The number of carbonyl (C=O) groups is 2. The van der Waals surface area contributed by atoms with Crippen LogP contribution >= 0.6 is 0 Å². The van der Waals surface area contributed by atoms with Gasteiger partial charge in [0.2, 0.25) is 0 Å². The third-order valence-electron chi connectivity index (χ3n) is 6.44. The molecule has 0 saturated heterocycles. The van der Waals surface area contributed by atoms with Gasteiger partial charge in [-0.3, -0.25) is 14.9 Å². The van der Waals surface area contributed by atoms with E-state index in [-0.39, 0.29) is 23.4 Å². The van der Waals surface area contributed by atoms with Gasteiger partial charge in [0.1, 0.15) is 12.2 Å². The average molecular weight is 537 g/mol. The number of benzene rings is 1. The van der Waals surface area contributed by atoms with E-state index in [0.717, 1.165) is 0 Å². The summed E-state index contributed by atoms with van der Waals surface area (Å²) in [5.41, 5.74) is 1.71. The van der Waals surface area contributed by atoms with Crippen molar-refractivity contribution in [1.82, 2.24) is 15.5 Å². The van der Waals surface area contributed by atoms with E-state index in [0.29, 0.717) is 29.1 Å². The van der Waals surface area contributed by atoms with E-state index < -0.39 is 34.9 Å². The number of nitro groups is 1. The van der Waals surface area contributed by atoms with Gasteiger partial charge in [-0.25, -0.2) is 9.59 Å². The molecule has 0 aromatic heterocycles. The summed E-state index contributed by atoms with van der Waals surface area (Å²) in [5.74, 6) is -0.920. The molecule has 39 heavy (non-hydrogen) atoms. The Morgan fingerprint density at radius 1 is 1.21 bits per heavy atom. The first-order chi connectivity index (χ1) is 18.6. The molecule has 0 saturated carbocycles. The maximum Gasteiger partial charge on any atom is 0.336 e. The lowest BCUT2D eigenvalue weighted by Crippen LogP contribution is -2.46. The Bertz CT molecular complexity index is 1320. The second-order valence-corrected chi connectivity index (χ2v) is 9.37. The van der Waals surface area contributed by atoms with Crippen LogP contribution in [0.3, 0.4) is 0 Å². The van der Waals surface area contributed by atoms with Crippen LogP contribution in [0.5, 0.6) is 0 Å². The Balaban J connectivity index is 2.07. The van der Waals surface area contributed by atoms with E-state index in [9.17, 15) is 24.5 Å². The monoisotopic (exact) mass is 536 g/mol. The minimum Gasteiger partial charge on any atom is -0.466 e. The molecule has 206 valence electrons. The van der Waals surface area contributed by atoms with Gasteiger partial charge in [0.15, 0.2) is 0 Å². The van der Waals surface area contributed by atoms with E-state index in [1.165, 1.54) is 25.3 Å². The van der Waals surface area contributed by atoms with Gasteiger partial charge >= 0.3 is 5.97 Å². The summed E-state index contributed by atoms with van der Waals surface area (Å²) in [4.78, 5) is 51.4. The van der Waals surface area contributed by atoms with E-state index in [2.05, 4.69) is 10.6 Å². The molecule has 0 spiro atoms. The van der Waals surface area contributed by atoms with Crippen molar-refractivity contribution >= 4 is 23.5 Å². The third-order valence-corrected chi connectivity index (χ3v) is 6.44. The number of esters is 1. The predicted molar refractivity (Wildman–Crippen MR) is 144 cm³/mol. The summed E-state index contributed by atoms with van der Waals surface area (Å²) < 4.78 is 11.1. The van der Waals surface area contributed by atoms with E-state index in [1.807, 2.05) is 24.9 Å². The molecule has 11 nitrogen and oxygen atoms in total. The van der Waals surface area contributed by atoms with Crippen molar-refractivity contribution in [3.63, 3.8) is 0 Å². The van der Waals surface area contributed by atoms with Crippen LogP contribution in [-0.2, 0) is 23.9 Å². The first kappa shape index (κ1) is 29.2. The lowest BCUT2D eigenvalue weighted by molar-refractivity contribution is -0.384. The fourth-order valence-electron chi connectivity index (χ4n) is 4.56. The molecule has 1 aliphatic heterocycles. The van der Waals surface area contributed by atoms with Gasteiger partial charge in [-0.15, -0.1) is 0 Å². The second-order valence-electron chi connectivity index (χ2n) is 9.37. The number of nitro benzene ring substituents is 1. The van der Waals surface area contributed by atoms with Gasteiger partial charge in [0.05, 0.1) is 36.0 Å². The van der Waals surface area contributed by atoms with Crippen LogP contribution < -0.4 is 10.6 Å². The molecule has 1 heterocycles. The lowest BCUT2D eigenvalue weighted by Gasteiger charge is -2.33. The van der Waals surface area contributed by atoms with E-state index in [4.69, 9.17) is 9.47 Å². The number of hydrogen-bond donors (Lipinski definition) is 2. The number of non-ortho nitro benzene ring substituents is 1. The summed E-state index contributed by atoms with van der Waals surface area (Å²) in [6, 6.07) is 5.78. The van der Waals surface area contributed by atoms with Crippen LogP contribution in [0, 0.1) is 16.0 Å². The zero-order chi connectivity index (χ0) is 28.7. The number of carbonyl (C=O) groups excluding carboxylic acids is 3. The van der Waals surface area contributed by atoms with Gasteiger partial charge in [-0.05, 0) is 39.6 Å². The molecule has 0 radical (unpaired) electrons. The minimum atomic E-state index is -0.969. The van der Waals surface area contributed by atoms with Crippen LogP contribution in [0.25, 0.3) is 0 Å². The molecule has 11 heteroatoms. The predicted octanol–water partition coefficient (Wildman–Crippen LogP) is 2.52. The highest BCUT2D eigenvalue weighted by atomic mass is 16.6. The molecule has 0 fully saturated rings. The molecule has 3 atom stereocenters. The fraction of sp³-hybridized carbons (Fsp3) is 0.357. The van der Waals surface area contributed by atoms with Crippen molar-refractivity contribution in [2.24, 2.45) is 5.92 Å². The Hall–Kier alpha value is -4.31. The van der Waals surface area contributed by atoms with Crippen molar-refractivity contribution in [2.45, 2.75) is 26.0 Å². The Morgan fingerprint density at radius 3 is 2.56 bits per heavy atom. The Labute approximate surface area is 226 Å². The number of ether oxygens (including phenoxy) is 2. The molecular weight excluding hydrogens is 504 g/mol. The van der Waals surface area contributed by atoms with Gasteiger partial charge in [-0.1, -0.05) is 30.4 Å². The summed E-state index contributed by atoms with van der Waals surface area (Å²) in [6.07, 6.45) is 5.85. The largest absolute Gasteiger partial charge is 0.466 e. The number of nitrogens with zero attached hydrogens (tertiary/aromatic N) is 2. The number of methoxy groups -OCH3 is 1. The fourth-order valence-corrected chi connectivity index (χ4v) is 4.56. The van der Waals surface area contributed by atoms with Gasteiger partial charge in [-0.2, -0.15) is 0 Å². The number of allylic oxidation sites excluding steroid dienone is 5. The zero-order valence-electron chi connectivity index (χ0n) is 22.5. The molecule has 1 aromatic rings. The molecular formula is C28H32N4O7. The molecule has 2 N–H and O–H groups in total. The number of nitrogens with one attached hydrogen (secondary N) is 2. The Kier molecular flexibility index (Phi) is 9.73. The molecule has 0 bridgehead atoms. The third kappa shape index (κ3) is 6.77. The normalized spacial score (nSPS) is 19.5. The maximum atomic E-state index is 14.0. The van der Waals surface area contributed by atoms with Crippen molar-refractivity contribution in [3.05, 3.63) is 92.4 Å². The topological polar surface area (TPSA) is 140 Å². The van der Waals surface area contributed by atoms with Crippen LogP contribution in [0.1, 0.15) is 25.3 Å². The van der Waals surface area contributed by atoms with Crippen LogP contribution in [0.15, 0.2) is 76.7 Å². The average Bonchev–Trinajstić information content (AvgIpc) is 2.91. The van der Waals surface area contributed by atoms with Crippen molar-refractivity contribution in [3.8, 4) is 0 Å². The first-order valence-corrected chi connectivity index (χ1v) is 12.3. The summed E-state index contributed by atoms with van der Waals surface area (Å²) in [6.45, 7) is 4.17. The molecule has 1 amide bonds. The quantitative estimate of drug-likeness (QED) is 0.152. The second kappa shape index (κ2) is 13.0. The minimum absolute atomic E-state index is 0.146. The van der Waals surface area contributed by atoms with Crippen LogP contribution in [0.4, 0.5) is 5.69 Å². The van der Waals surface area contributed by atoms with Gasteiger partial charge in [0, 0.05) is 41.2 Å². The first-order valence-electron chi connectivity index (χ1n) is 12.3. The van der Waals surface area contributed by atoms with Crippen LogP contribution in [0.2, 0.25) is 0 Å². The van der Waals surface area contributed by atoms with Gasteiger partial charge in [0.25, 0.3) is 11.6 Å². The number of rotatable bonds is 10.